The van der Waals surface area contributed by atoms with Crippen LogP contribution in [0.4, 0.5) is 0 Å². The van der Waals surface area contributed by atoms with E-state index in [2.05, 4.69) is 30.4 Å². The van der Waals surface area contributed by atoms with Crippen LogP contribution in [0.25, 0.3) is 0 Å². The number of thiophene rings is 1. The molecule has 3 rings (SSSR count). The number of nitrogens with zero attached hydrogens (tertiary/aromatic N) is 3. The van der Waals surface area contributed by atoms with Crippen molar-refractivity contribution in [3.8, 4) is 0 Å². The average molecular weight is 347 g/mol. The molecule has 130 valence electrons. The first-order chi connectivity index (χ1) is 11.5. The second kappa shape index (κ2) is 7.07. The Morgan fingerprint density at radius 1 is 1.46 bits per heavy atom. The van der Waals surface area contributed by atoms with Gasteiger partial charge in [0.05, 0.1) is 17.9 Å². The zero-order chi connectivity index (χ0) is 17.3. The molecule has 1 fully saturated rings. The van der Waals surface area contributed by atoms with Crippen molar-refractivity contribution in [3.05, 3.63) is 39.3 Å². The van der Waals surface area contributed by atoms with Crippen LogP contribution in [-0.4, -0.2) is 44.9 Å². The minimum absolute atomic E-state index is 0.0183. The summed E-state index contributed by atoms with van der Waals surface area (Å²) in [5.74, 6) is 0.119. The van der Waals surface area contributed by atoms with Gasteiger partial charge in [-0.1, -0.05) is 6.92 Å². The molecule has 2 aromatic rings. The van der Waals surface area contributed by atoms with Crippen LogP contribution in [0.5, 0.6) is 0 Å². The van der Waals surface area contributed by atoms with Crippen LogP contribution >= 0.6 is 11.3 Å². The van der Waals surface area contributed by atoms with E-state index in [9.17, 15) is 9.90 Å². The number of aliphatic hydroxyl groups is 1. The lowest BCUT2D eigenvalue weighted by molar-refractivity contribution is 0.0386. The molecule has 2 aromatic heterocycles. The van der Waals surface area contributed by atoms with Crippen LogP contribution in [0.1, 0.15) is 52.2 Å². The summed E-state index contributed by atoms with van der Waals surface area (Å²) in [7, 11) is 0. The molecule has 0 aromatic carbocycles. The first-order valence-corrected chi connectivity index (χ1v) is 9.44. The molecule has 3 heterocycles. The number of likely N-dealkylation sites (tertiary alicyclic amines) is 1. The van der Waals surface area contributed by atoms with Crippen LogP contribution in [0.2, 0.25) is 0 Å². The van der Waals surface area contributed by atoms with Crippen molar-refractivity contribution < 1.29 is 9.90 Å². The van der Waals surface area contributed by atoms with Gasteiger partial charge >= 0.3 is 0 Å². The summed E-state index contributed by atoms with van der Waals surface area (Å²) in [5, 5.41) is 17.0. The largest absolute Gasteiger partial charge is 0.391 e. The Bertz CT molecular complexity index is 722. The molecule has 0 unspecified atom stereocenters. The highest BCUT2D eigenvalue weighted by molar-refractivity contribution is 7.10. The fourth-order valence-corrected chi connectivity index (χ4v) is 4.57. The number of aryl methyl sites for hydroxylation is 2. The smallest absolute Gasteiger partial charge is 0.257 e. The van der Waals surface area contributed by atoms with Gasteiger partial charge in [0.1, 0.15) is 0 Å². The van der Waals surface area contributed by atoms with Crippen LogP contribution < -0.4 is 0 Å². The van der Waals surface area contributed by atoms with Crippen molar-refractivity contribution in [1.82, 2.24) is 14.7 Å². The van der Waals surface area contributed by atoms with Crippen LogP contribution in [0, 0.1) is 13.8 Å². The Kier molecular flexibility index (Phi) is 5.06. The lowest BCUT2D eigenvalue weighted by atomic mass is 9.90. The third-order valence-corrected chi connectivity index (χ3v) is 6.03. The predicted molar refractivity (Wildman–Crippen MR) is 95.6 cm³/mol. The normalized spacial score (nSPS) is 21.2. The average Bonchev–Trinajstić information content (AvgIpc) is 3.14. The van der Waals surface area contributed by atoms with Crippen molar-refractivity contribution in [2.24, 2.45) is 0 Å². The molecular weight excluding hydrogens is 322 g/mol. The molecule has 0 aliphatic carbocycles. The number of hydrogen-bond acceptors (Lipinski definition) is 4. The maximum Gasteiger partial charge on any atom is 0.257 e. The number of carbonyl (C=O) groups is 1. The van der Waals surface area contributed by atoms with E-state index >= 15 is 0 Å². The highest BCUT2D eigenvalue weighted by Crippen LogP contribution is 2.34. The van der Waals surface area contributed by atoms with Gasteiger partial charge in [0, 0.05) is 36.1 Å². The van der Waals surface area contributed by atoms with E-state index in [1.165, 1.54) is 10.4 Å². The van der Waals surface area contributed by atoms with Crippen molar-refractivity contribution in [2.75, 3.05) is 13.1 Å². The van der Waals surface area contributed by atoms with E-state index in [0.29, 0.717) is 18.7 Å². The maximum atomic E-state index is 12.8. The third kappa shape index (κ3) is 3.13. The van der Waals surface area contributed by atoms with Gasteiger partial charge in [-0.15, -0.1) is 11.3 Å². The van der Waals surface area contributed by atoms with E-state index < -0.39 is 6.10 Å². The maximum absolute atomic E-state index is 12.8. The minimum Gasteiger partial charge on any atom is -0.391 e. The van der Waals surface area contributed by atoms with Gasteiger partial charge in [0.25, 0.3) is 5.91 Å². The predicted octanol–water partition coefficient (Wildman–Crippen LogP) is 2.96. The summed E-state index contributed by atoms with van der Waals surface area (Å²) < 4.78 is 1.88. The quantitative estimate of drug-likeness (QED) is 0.925. The fraction of sp³-hybridized carbons (Fsp3) is 0.556. The summed E-state index contributed by atoms with van der Waals surface area (Å²) >= 11 is 1.70. The molecule has 1 aliphatic heterocycles. The first kappa shape index (κ1) is 17.2. The van der Waals surface area contributed by atoms with Gasteiger partial charge in [-0.2, -0.15) is 5.10 Å². The van der Waals surface area contributed by atoms with Crippen molar-refractivity contribution in [2.45, 2.75) is 52.2 Å². The molecule has 2 atom stereocenters. The summed E-state index contributed by atoms with van der Waals surface area (Å²) in [6.45, 7) is 8.00. The molecule has 1 saturated heterocycles. The Labute approximate surface area is 146 Å². The zero-order valence-electron chi connectivity index (χ0n) is 14.5. The van der Waals surface area contributed by atoms with E-state index in [1.807, 2.05) is 11.6 Å². The highest BCUT2D eigenvalue weighted by atomic mass is 32.1. The Morgan fingerprint density at radius 3 is 2.88 bits per heavy atom. The third-order valence-electron chi connectivity index (χ3n) is 4.88. The second-order valence-electron chi connectivity index (χ2n) is 6.55. The monoisotopic (exact) mass is 347 g/mol. The molecule has 5 nitrogen and oxygen atoms in total. The molecule has 6 heteroatoms. The van der Waals surface area contributed by atoms with Gasteiger partial charge in [0.15, 0.2) is 0 Å². The molecule has 1 aliphatic rings. The van der Waals surface area contributed by atoms with Gasteiger partial charge in [-0.05, 0) is 43.7 Å². The number of hydrogen-bond donors (Lipinski definition) is 1. The lowest BCUT2D eigenvalue weighted by Gasteiger charge is -2.36. The number of aromatic nitrogens is 2. The van der Waals surface area contributed by atoms with E-state index in [-0.39, 0.29) is 11.8 Å². The number of β-amino-alcohol motifs (C(OH)–C–C–N with tert-alkyl or cyclic N) is 1. The van der Waals surface area contributed by atoms with Gasteiger partial charge in [-0.25, -0.2) is 0 Å². The molecule has 1 N–H and O–H groups in total. The van der Waals surface area contributed by atoms with Crippen LogP contribution in [-0.2, 0) is 6.54 Å². The number of carbonyl (C=O) groups excluding carboxylic acids is 1. The van der Waals surface area contributed by atoms with Crippen LogP contribution in [0.15, 0.2) is 17.6 Å². The SMILES string of the molecule is CCCn1ncc(C(=O)N2CC[C@@H](c3sccc3C)[C@H](O)C2)c1C. The second-order valence-corrected chi connectivity index (χ2v) is 7.50. The summed E-state index contributed by atoms with van der Waals surface area (Å²) in [6, 6.07) is 2.09. The van der Waals surface area contributed by atoms with Crippen molar-refractivity contribution >= 4 is 17.2 Å². The Hall–Kier alpha value is -1.66. The summed E-state index contributed by atoms with van der Waals surface area (Å²) in [5.41, 5.74) is 2.80. The van der Waals surface area contributed by atoms with E-state index in [0.717, 1.165) is 25.1 Å². The number of amides is 1. The molecular formula is C18H25N3O2S. The van der Waals surface area contributed by atoms with Gasteiger partial charge < -0.3 is 10.0 Å². The van der Waals surface area contributed by atoms with Crippen LogP contribution in [0.3, 0.4) is 0 Å². The standard InChI is InChI=1S/C18H25N3O2S/c1-4-7-21-13(3)15(10-19-21)18(23)20-8-5-14(16(22)11-20)17-12(2)6-9-24-17/h6,9-10,14,16,22H,4-5,7-8,11H2,1-3H3/t14-,16-/m1/s1. The number of piperidine rings is 1. The lowest BCUT2D eigenvalue weighted by Crippen LogP contribution is -2.45. The number of rotatable bonds is 4. The zero-order valence-corrected chi connectivity index (χ0v) is 15.3. The molecule has 24 heavy (non-hydrogen) atoms. The van der Waals surface area contributed by atoms with Crippen molar-refractivity contribution in [1.29, 1.82) is 0 Å². The van der Waals surface area contributed by atoms with E-state index in [1.54, 1.807) is 22.4 Å². The van der Waals surface area contributed by atoms with Crippen molar-refractivity contribution in [3.63, 3.8) is 0 Å². The highest BCUT2D eigenvalue weighted by Gasteiger charge is 2.33. The van der Waals surface area contributed by atoms with E-state index in [4.69, 9.17) is 0 Å². The van der Waals surface area contributed by atoms with Gasteiger partial charge in [0.2, 0.25) is 0 Å². The Morgan fingerprint density at radius 2 is 2.25 bits per heavy atom. The molecule has 0 bridgehead atoms. The topological polar surface area (TPSA) is 58.4 Å². The molecule has 1 amide bonds. The Balaban J connectivity index is 1.71. The fourth-order valence-electron chi connectivity index (χ4n) is 3.45. The van der Waals surface area contributed by atoms with Gasteiger partial charge in [-0.3, -0.25) is 9.48 Å². The summed E-state index contributed by atoms with van der Waals surface area (Å²) in [6.07, 6.45) is 2.94. The minimum atomic E-state index is -0.508. The molecule has 0 saturated carbocycles. The summed E-state index contributed by atoms with van der Waals surface area (Å²) in [4.78, 5) is 15.8. The number of aliphatic hydroxyl groups excluding tert-OH is 1. The molecule has 0 radical (unpaired) electrons. The first-order valence-electron chi connectivity index (χ1n) is 8.56. The molecule has 0 spiro atoms.